The number of rotatable bonds is 5. The van der Waals surface area contributed by atoms with Gasteiger partial charge in [0.05, 0.1) is 18.7 Å². The first-order valence-corrected chi connectivity index (χ1v) is 7.33. The van der Waals surface area contributed by atoms with Crippen LogP contribution < -0.4 is 9.64 Å². The van der Waals surface area contributed by atoms with E-state index in [0.717, 1.165) is 0 Å². The number of carbonyl (C=O) groups excluding carboxylic acids is 1. The summed E-state index contributed by atoms with van der Waals surface area (Å²) in [6.45, 7) is -0.218. The number of ether oxygens (including phenoxy) is 2. The topological polar surface area (TPSA) is 59.0 Å². The zero-order valence-electron chi connectivity index (χ0n) is 12.6. The van der Waals surface area contributed by atoms with Crippen LogP contribution in [0.5, 0.6) is 5.75 Å². The van der Waals surface area contributed by atoms with E-state index in [9.17, 15) is 13.6 Å². The van der Waals surface area contributed by atoms with Crippen molar-refractivity contribution in [2.45, 2.75) is 12.7 Å². The van der Waals surface area contributed by atoms with Crippen molar-refractivity contribution in [3.63, 3.8) is 0 Å². The van der Waals surface area contributed by atoms with Gasteiger partial charge in [-0.1, -0.05) is 6.07 Å². The van der Waals surface area contributed by atoms with Crippen LogP contribution in [0.3, 0.4) is 0 Å². The Hall–Kier alpha value is -2.67. The number of nitrogens with zero attached hydrogens (tertiary/aromatic N) is 1. The predicted molar refractivity (Wildman–Crippen MR) is 81.8 cm³/mol. The molecule has 0 radical (unpaired) electrons. The fourth-order valence-electron chi connectivity index (χ4n) is 2.38. The van der Waals surface area contributed by atoms with Crippen LogP contribution in [0.4, 0.5) is 19.3 Å². The first-order valence-electron chi connectivity index (χ1n) is 7.33. The largest absolute Gasteiger partial charge is 0.489 e. The van der Waals surface area contributed by atoms with Crippen LogP contribution in [0.1, 0.15) is 5.56 Å². The molecule has 2 aromatic carbocycles. The molecule has 1 aliphatic heterocycles. The summed E-state index contributed by atoms with van der Waals surface area (Å²) in [7, 11) is 0. The third-order valence-electron chi connectivity index (χ3n) is 3.67. The first kappa shape index (κ1) is 16.2. The monoisotopic (exact) mass is 335 g/mol. The molecule has 0 spiro atoms. The maximum absolute atomic E-state index is 13.5. The molecule has 24 heavy (non-hydrogen) atoms. The van der Waals surface area contributed by atoms with Gasteiger partial charge in [-0.3, -0.25) is 4.90 Å². The Labute approximate surface area is 137 Å². The summed E-state index contributed by atoms with van der Waals surface area (Å²) in [6, 6.07) is 10.1. The molecule has 1 atom stereocenters. The lowest BCUT2D eigenvalue weighted by molar-refractivity contribution is 0.0963. The van der Waals surface area contributed by atoms with Gasteiger partial charge in [0.1, 0.15) is 30.1 Å². The molecule has 1 heterocycles. The Morgan fingerprint density at radius 2 is 1.83 bits per heavy atom. The Balaban J connectivity index is 1.66. The van der Waals surface area contributed by atoms with Gasteiger partial charge in [0.15, 0.2) is 0 Å². The van der Waals surface area contributed by atoms with E-state index in [-0.39, 0.29) is 25.3 Å². The zero-order chi connectivity index (χ0) is 17.1. The van der Waals surface area contributed by atoms with Crippen molar-refractivity contribution in [2.24, 2.45) is 0 Å². The van der Waals surface area contributed by atoms with E-state index < -0.39 is 23.8 Å². The third kappa shape index (κ3) is 3.30. The average Bonchev–Trinajstić information content (AvgIpc) is 2.96. The highest BCUT2D eigenvalue weighted by molar-refractivity contribution is 5.89. The quantitative estimate of drug-likeness (QED) is 0.913. The van der Waals surface area contributed by atoms with E-state index >= 15 is 0 Å². The van der Waals surface area contributed by atoms with Crippen LogP contribution >= 0.6 is 0 Å². The molecule has 1 amide bonds. The number of anilines is 1. The SMILES string of the molecule is O=C1OC(CO)CN1c1ccc(OCc2c(F)cccc2F)cc1. The number of hydrogen-bond donors (Lipinski definition) is 1. The predicted octanol–water partition coefficient (Wildman–Crippen LogP) is 2.86. The molecule has 0 aliphatic carbocycles. The molecule has 0 saturated carbocycles. The normalized spacial score (nSPS) is 17.0. The lowest BCUT2D eigenvalue weighted by Crippen LogP contribution is -2.25. The van der Waals surface area contributed by atoms with Gasteiger partial charge in [0.25, 0.3) is 0 Å². The van der Waals surface area contributed by atoms with Crippen LogP contribution in [0.2, 0.25) is 0 Å². The van der Waals surface area contributed by atoms with Gasteiger partial charge in [0, 0.05) is 5.69 Å². The molecule has 1 unspecified atom stereocenters. The number of benzene rings is 2. The Kier molecular flexibility index (Phi) is 4.61. The Morgan fingerprint density at radius 1 is 1.17 bits per heavy atom. The molecule has 7 heteroatoms. The smallest absolute Gasteiger partial charge is 0.414 e. The lowest BCUT2D eigenvalue weighted by Gasteiger charge is -2.14. The van der Waals surface area contributed by atoms with E-state index in [4.69, 9.17) is 14.6 Å². The van der Waals surface area contributed by atoms with Crippen molar-refractivity contribution in [1.29, 1.82) is 0 Å². The van der Waals surface area contributed by atoms with E-state index in [2.05, 4.69) is 0 Å². The maximum Gasteiger partial charge on any atom is 0.414 e. The van der Waals surface area contributed by atoms with E-state index in [0.29, 0.717) is 11.4 Å². The summed E-state index contributed by atoms with van der Waals surface area (Å²) in [4.78, 5) is 13.1. The molecule has 1 N–H and O–H groups in total. The van der Waals surface area contributed by atoms with Crippen LogP contribution in [0.15, 0.2) is 42.5 Å². The number of aliphatic hydroxyl groups is 1. The minimum Gasteiger partial charge on any atom is -0.489 e. The van der Waals surface area contributed by atoms with Crippen molar-refractivity contribution in [1.82, 2.24) is 0 Å². The minimum absolute atomic E-state index is 0.143. The van der Waals surface area contributed by atoms with Gasteiger partial charge >= 0.3 is 6.09 Å². The second-order valence-corrected chi connectivity index (χ2v) is 5.28. The summed E-state index contributed by atoms with van der Waals surface area (Å²) in [5, 5.41) is 9.03. The van der Waals surface area contributed by atoms with Crippen LogP contribution in [0.25, 0.3) is 0 Å². The van der Waals surface area contributed by atoms with Gasteiger partial charge in [-0.2, -0.15) is 0 Å². The Bertz CT molecular complexity index is 716. The Morgan fingerprint density at radius 3 is 2.42 bits per heavy atom. The third-order valence-corrected chi connectivity index (χ3v) is 3.67. The zero-order valence-corrected chi connectivity index (χ0v) is 12.6. The van der Waals surface area contributed by atoms with Gasteiger partial charge < -0.3 is 14.6 Å². The van der Waals surface area contributed by atoms with E-state index in [1.807, 2.05) is 0 Å². The maximum atomic E-state index is 13.5. The van der Waals surface area contributed by atoms with Crippen molar-refractivity contribution >= 4 is 11.8 Å². The summed E-state index contributed by atoms with van der Waals surface area (Å²) < 4.78 is 37.4. The molecule has 0 bridgehead atoms. The van der Waals surface area contributed by atoms with Crippen molar-refractivity contribution in [3.8, 4) is 5.75 Å². The van der Waals surface area contributed by atoms with E-state index in [1.54, 1.807) is 24.3 Å². The molecule has 1 saturated heterocycles. The lowest BCUT2D eigenvalue weighted by atomic mass is 10.2. The van der Waals surface area contributed by atoms with Gasteiger partial charge in [-0.05, 0) is 36.4 Å². The molecule has 1 fully saturated rings. The second-order valence-electron chi connectivity index (χ2n) is 5.28. The van der Waals surface area contributed by atoms with Crippen LogP contribution in [0, 0.1) is 11.6 Å². The highest BCUT2D eigenvalue weighted by atomic mass is 19.1. The molecule has 2 aromatic rings. The number of cyclic esters (lactones) is 1. The number of carbonyl (C=O) groups is 1. The minimum atomic E-state index is -0.665. The molecule has 5 nitrogen and oxygen atoms in total. The standard InChI is InChI=1S/C17H15F2NO4/c18-15-2-1-3-16(19)14(15)10-23-12-6-4-11(5-7-12)20-8-13(9-21)24-17(20)22/h1-7,13,21H,8-10H2. The van der Waals surface area contributed by atoms with Crippen molar-refractivity contribution in [3.05, 3.63) is 59.7 Å². The molecule has 3 rings (SSSR count). The summed E-state index contributed by atoms with van der Waals surface area (Å²) in [6.07, 6.45) is -1.08. The number of halogens is 2. The summed E-state index contributed by atoms with van der Waals surface area (Å²) >= 11 is 0. The second kappa shape index (κ2) is 6.84. The number of hydrogen-bond acceptors (Lipinski definition) is 4. The van der Waals surface area contributed by atoms with E-state index in [1.165, 1.54) is 23.1 Å². The highest BCUT2D eigenvalue weighted by Gasteiger charge is 2.31. The van der Waals surface area contributed by atoms with Gasteiger partial charge in [-0.25, -0.2) is 13.6 Å². The average molecular weight is 335 g/mol. The number of aliphatic hydroxyl groups excluding tert-OH is 1. The number of amides is 1. The molecule has 1 aliphatic rings. The molecular formula is C17H15F2NO4. The molecule has 0 aromatic heterocycles. The summed E-state index contributed by atoms with van der Waals surface area (Å²) in [5.41, 5.74) is 0.441. The fourth-order valence-corrected chi connectivity index (χ4v) is 2.38. The molecular weight excluding hydrogens is 320 g/mol. The van der Waals surface area contributed by atoms with Gasteiger partial charge in [-0.15, -0.1) is 0 Å². The van der Waals surface area contributed by atoms with Crippen molar-refractivity contribution < 1.29 is 28.2 Å². The highest BCUT2D eigenvalue weighted by Crippen LogP contribution is 2.25. The first-order chi connectivity index (χ1) is 11.6. The van der Waals surface area contributed by atoms with Gasteiger partial charge in [0.2, 0.25) is 0 Å². The molecule has 126 valence electrons. The van der Waals surface area contributed by atoms with Crippen LogP contribution in [-0.4, -0.2) is 30.5 Å². The van der Waals surface area contributed by atoms with Crippen molar-refractivity contribution in [2.75, 3.05) is 18.1 Å². The van der Waals surface area contributed by atoms with Crippen LogP contribution in [-0.2, 0) is 11.3 Å². The summed E-state index contributed by atoms with van der Waals surface area (Å²) in [5.74, 6) is -0.921. The fraction of sp³-hybridized carbons (Fsp3) is 0.235.